The van der Waals surface area contributed by atoms with E-state index in [4.69, 9.17) is 49.1 Å². The zero-order valence-electron chi connectivity index (χ0n) is 12.7. The van der Waals surface area contributed by atoms with Crippen LogP contribution in [0.2, 0.25) is 5.02 Å². The third-order valence-electron chi connectivity index (χ3n) is 2.36. The van der Waals surface area contributed by atoms with Gasteiger partial charge in [-0.3, -0.25) is 0 Å². The highest BCUT2D eigenvalue weighted by atomic mass is 35.5. The summed E-state index contributed by atoms with van der Waals surface area (Å²) in [5.41, 5.74) is 1.71. The fourth-order valence-corrected chi connectivity index (χ4v) is 1.96. The first-order chi connectivity index (χ1) is 10.4. The molecule has 4 nitrogen and oxygen atoms in total. The number of oxime groups is 1. The molecule has 0 radical (unpaired) electrons. The van der Waals surface area contributed by atoms with Crippen molar-refractivity contribution in [1.29, 1.82) is 0 Å². The topological polar surface area (TPSA) is 40.0 Å². The van der Waals surface area contributed by atoms with E-state index in [2.05, 4.69) is 5.16 Å². The Hall–Kier alpha value is -1.10. The lowest BCUT2D eigenvalue weighted by Crippen LogP contribution is -2.06. The van der Waals surface area contributed by atoms with Crippen LogP contribution in [0.1, 0.15) is 19.4 Å². The van der Waals surface area contributed by atoms with Gasteiger partial charge in [0.2, 0.25) is 0 Å². The Morgan fingerprint density at radius 2 is 1.91 bits per heavy atom. The molecule has 1 aromatic carbocycles. The molecule has 0 N–H and O–H groups in total. The minimum Gasteiger partial charge on any atom is -0.489 e. The van der Waals surface area contributed by atoms with Crippen LogP contribution >= 0.6 is 34.8 Å². The van der Waals surface area contributed by atoms with Crippen LogP contribution in [-0.2, 0) is 4.84 Å². The molecule has 0 fully saturated rings. The zero-order chi connectivity index (χ0) is 16.5. The molecule has 0 aliphatic heterocycles. The van der Waals surface area contributed by atoms with Crippen molar-refractivity contribution < 1.29 is 14.3 Å². The highest BCUT2D eigenvalue weighted by molar-refractivity contribution is 6.55. The fraction of sp³-hybridized carbons (Fsp3) is 0.400. The Balaban J connectivity index is 2.58. The monoisotopic (exact) mass is 365 g/mol. The van der Waals surface area contributed by atoms with Crippen molar-refractivity contribution in [1.82, 2.24) is 0 Å². The number of rotatable bonds is 8. The van der Waals surface area contributed by atoms with Crippen LogP contribution in [0.5, 0.6) is 11.5 Å². The van der Waals surface area contributed by atoms with Crippen LogP contribution in [-0.4, -0.2) is 25.5 Å². The second-order valence-electron chi connectivity index (χ2n) is 4.58. The van der Waals surface area contributed by atoms with E-state index in [1.54, 1.807) is 12.1 Å². The van der Waals surface area contributed by atoms with Crippen LogP contribution in [0.4, 0.5) is 0 Å². The average molecular weight is 367 g/mol. The molecule has 0 heterocycles. The number of benzene rings is 1. The summed E-state index contributed by atoms with van der Waals surface area (Å²) in [6.45, 7) is 6.55. The van der Waals surface area contributed by atoms with E-state index >= 15 is 0 Å². The molecule has 0 saturated carbocycles. The second-order valence-corrected chi connectivity index (χ2v) is 5.99. The van der Waals surface area contributed by atoms with Gasteiger partial charge in [0.25, 0.3) is 0 Å². The van der Waals surface area contributed by atoms with Gasteiger partial charge in [0, 0.05) is 6.07 Å². The Bertz CT molecular complexity index is 528. The van der Waals surface area contributed by atoms with Gasteiger partial charge in [-0.25, -0.2) is 0 Å². The van der Waals surface area contributed by atoms with Crippen molar-refractivity contribution in [3.63, 3.8) is 0 Å². The number of hydrogen-bond donors (Lipinski definition) is 0. The zero-order valence-corrected chi connectivity index (χ0v) is 14.9. The first-order valence-electron chi connectivity index (χ1n) is 6.60. The summed E-state index contributed by atoms with van der Waals surface area (Å²) in [4.78, 5) is 5.06. The third kappa shape index (κ3) is 7.25. The molecular formula is C15H18Cl3NO3. The van der Waals surface area contributed by atoms with Crippen molar-refractivity contribution in [2.75, 3.05) is 19.8 Å². The van der Waals surface area contributed by atoms with Crippen LogP contribution in [0.25, 0.3) is 0 Å². The summed E-state index contributed by atoms with van der Waals surface area (Å²) >= 11 is 17.2. The molecule has 1 aromatic rings. The molecule has 122 valence electrons. The molecule has 1 rings (SSSR count). The summed E-state index contributed by atoms with van der Waals surface area (Å²) in [6, 6.07) is 3.50. The SMILES string of the molecule is CC(C)=NOCCOc1c(C)cc(OCC=C(Cl)Cl)cc1Cl. The molecule has 0 atom stereocenters. The maximum atomic E-state index is 6.20. The molecule has 0 unspecified atom stereocenters. The van der Waals surface area contributed by atoms with Gasteiger partial charge in [-0.05, 0) is 38.5 Å². The van der Waals surface area contributed by atoms with Gasteiger partial charge in [0.15, 0.2) is 6.61 Å². The highest BCUT2D eigenvalue weighted by Crippen LogP contribution is 2.33. The lowest BCUT2D eigenvalue weighted by molar-refractivity contribution is 0.106. The molecule has 0 aromatic heterocycles. The largest absolute Gasteiger partial charge is 0.489 e. The van der Waals surface area contributed by atoms with E-state index in [9.17, 15) is 0 Å². The first kappa shape index (κ1) is 18.9. The Morgan fingerprint density at radius 1 is 1.18 bits per heavy atom. The van der Waals surface area contributed by atoms with Crippen LogP contribution < -0.4 is 9.47 Å². The highest BCUT2D eigenvalue weighted by Gasteiger charge is 2.09. The van der Waals surface area contributed by atoms with Crippen molar-refractivity contribution in [2.45, 2.75) is 20.8 Å². The van der Waals surface area contributed by atoms with Gasteiger partial charge in [0.05, 0.1) is 10.7 Å². The Labute approximate surface area is 145 Å². The number of ether oxygens (including phenoxy) is 2. The minimum absolute atomic E-state index is 0.160. The first-order valence-corrected chi connectivity index (χ1v) is 7.73. The van der Waals surface area contributed by atoms with Gasteiger partial charge in [-0.2, -0.15) is 0 Å². The maximum Gasteiger partial charge on any atom is 0.151 e. The summed E-state index contributed by atoms with van der Waals surface area (Å²) in [5, 5.41) is 4.28. The predicted octanol–water partition coefficient (Wildman–Crippen LogP) is 5.14. The van der Waals surface area contributed by atoms with E-state index in [0.29, 0.717) is 29.7 Å². The van der Waals surface area contributed by atoms with E-state index in [-0.39, 0.29) is 11.1 Å². The molecule has 22 heavy (non-hydrogen) atoms. The summed E-state index contributed by atoms with van der Waals surface area (Å²) in [7, 11) is 0. The molecule has 0 aliphatic carbocycles. The molecule has 7 heteroatoms. The second kappa shape index (κ2) is 9.82. The molecule has 0 saturated heterocycles. The minimum atomic E-state index is 0.160. The lowest BCUT2D eigenvalue weighted by atomic mass is 10.2. The quantitative estimate of drug-likeness (QED) is 0.363. The molecule has 0 amide bonds. The Kier molecular flexibility index (Phi) is 8.46. The standard InChI is InChI=1S/C15H18Cl3NO3/c1-10(2)19-22-7-6-21-15-11(3)8-12(9-13(15)16)20-5-4-14(17)18/h4,8-9H,5-7H2,1-3H3. The maximum absolute atomic E-state index is 6.20. The molecule has 0 bridgehead atoms. The molecule has 0 aliphatic rings. The summed E-state index contributed by atoms with van der Waals surface area (Å²) in [5.74, 6) is 1.21. The van der Waals surface area contributed by atoms with Gasteiger partial charge in [-0.15, -0.1) is 0 Å². The predicted molar refractivity (Wildman–Crippen MR) is 91.7 cm³/mol. The van der Waals surface area contributed by atoms with Gasteiger partial charge in [0.1, 0.15) is 29.2 Å². The fourth-order valence-electron chi connectivity index (χ4n) is 1.52. The number of hydrogen-bond acceptors (Lipinski definition) is 4. The summed E-state index contributed by atoms with van der Waals surface area (Å²) in [6.07, 6.45) is 1.55. The van der Waals surface area contributed by atoms with E-state index < -0.39 is 0 Å². The average Bonchev–Trinajstić information content (AvgIpc) is 2.40. The van der Waals surface area contributed by atoms with Gasteiger partial charge in [-0.1, -0.05) is 40.0 Å². The van der Waals surface area contributed by atoms with Crippen molar-refractivity contribution in [3.05, 3.63) is 33.3 Å². The molecular weight excluding hydrogens is 349 g/mol. The third-order valence-corrected chi connectivity index (χ3v) is 2.95. The van der Waals surface area contributed by atoms with Gasteiger partial charge < -0.3 is 14.3 Å². The normalized spacial score (nSPS) is 9.91. The number of nitrogens with zero attached hydrogens (tertiary/aromatic N) is 1. The van der Waals surface area contributed by atoms with E-state index in [1.165, 1.54) is 0 Å². The van der Waals surface area contributed by atoms with Crippen LogP contribution in [0.15, 0.2) is 27.9 Å². The summed E-state index contributed by atoms with van der Waals surface area (Å²) < 4.78 is 11.2. The van der Waals surface area contributed by atoms with E-state index in [1.807, 2.05) is 26.8 Å². The van der Waals surface area contributed by atoms with Crippen LogP contribution in [0.3, 0.4) is 0 Å². The number of halogens is 3. The van der Waals surface area contributed by atoms with Crippen molar-refractivity contribution >= 4 is 40.5 Å². The smallest absolute Gasteiger partial charge is 0.151 e. The Morgan fingerprint density at radius 3 is 2.50 bits per heavy atom. The lowest BCUT2D eigenvalue weighted by Gasteiger charge is -2.13. The van der Waals surface area contributed by atoms with Crippen LogP contribution in [0, 0.1) is 6.92 Å². The number of aryl methyl sites for hydroxylation is 1. The van der Waals surface area contributed by atoms with Crippen molar-refractivity contribution in [2.24, 2.45) is 5.16 Å². The van der Waals surface area contributed by atoms with E-state index in [0.717, 1.165) is 11.3 Å². The molecule has 0 spiro atoms. The van der Waals surface area contributed by atoms with Gasteiger partial charge >= 0.3 is 0 Å². The van der Waals surface area contributed by atoms with Crippen molar-refractivity contribution in [3.8, 4) is 11.5 Å².